The minimum Gasteiger partial charge on any atom is -0.616 e. The second-order valence-electron chi connectivity index (χ2n) is 8.10. The standard InChI is InChI=1S/C18H36O4S/c1-17(2,9-5-13-19)10-6-14-23(22)15-7-11-18(3,4)12-8-16(20)21/h19H,5-15H2,1-4H3,(H,20,21). The number of carboxylic acids is 1. The van der Waals surface area contributed by atoms with Crippen LogP contribution in [0.1, 0.15) is 79.1 Å². The molecule has 0 aliphatic carbocycles. The molecule has 138 valence electrons. The fourth-order valence-electron chi connectivity index (χ4n) is 2.78. The van der Waals surface area contributed by atoms with Crippen molar-refractivity contribution in [3.05, 3.63) is 0 Å². The second-order valence-corrected chi connectivity index (χ2v) is 9.80. The zero-order valence-electron chi connectivity index (χ0n) is 15.4. The average molecular weight is 349 g/mol. The minimum atomic E-state index is -0.774. The van der Waals surface area contributed by atoms with Crippen molar-refractivity contribution < 1.29 is 19.6 Å². The van der Waals surface area contributed by atoms with Gasteiger partial charge in [0.1, 0.15) is 11.5 Å². The van der Waals surface area contributed by atoms with Gasteiger partial charge in [0, 0.05) is 13.0 Å². The largest absolute Gasteiger partial charge is 0.616 e. The maximum atomic E-state index is 12.1. The van der Waals surface area contributed by atoms with E-state index in [9.17, 15) is 9.35 Å². The van der Waals surface area contributed by atoms with Crippen molar-refractivity contribution in [1.82, 2.24) is 0 Å². The molecule has 1 unspecified atom stereocenters. The van der Waals surface area contributed by atoms with Gasteiger partial charge >= 0.3 is 5.97 Å². The molecule has 2 N–H and O–H groups in total. The van der Waals surface area contributed by atoms with Crippen LogP contribution >= 0.6 is 0 Å². The van der Waals surface area contributed by atoms with Crippen molar-refractivity contribution in [3.8, 4) is 0 Å². The predicted molar refractivity (Wildman–Crippen MR) is 97.1 cm³/mol. The Bertz CT molecular complexity index is 329. The summed E-state index contributed by atoms with van der Waals surface area (Å²) in [7, 11) is 0. The van der Waals surface area contributed by atoms with Crippen LogP contribution in [0.25, 0.3) is 0 Å². The molecule has 0 heterocycles. The van der Waals surface area contributed by atoms with E-state index in [-0.39, 0.29) is 23.9 Å². The monoisotopic (exact) mass is 348 g/mol. The first-order chi connectivity index (χ1) is 10.6. The van der Waals surface area contributed by atoms with Gasteiger partial charge in [0.2, 0.25) is 0 Å². The SMILES string of the molecule is CC(C)(CCCO)CCC[S+]([O-])CCCC(C)(C)CCC(=O)O. The van der Waals surface area contributed by atoms with Crippen LogP contribution in [0.3, 0.4) is 0 Å². The van der Waals surface area contributed by atoms with E-state index < -0.39 is 17.1 Å². The van der Waals surface area contributed by atoms with Gasteiger partial charge in [0.25, 0.3) is 0 Å². The summed E-state index contributed by atoms with van der Waals surface area (Å²) in [4.78, 5) is 10.6. The molecule has 5 heteroatoms. The maximum Gasteiger partial charge on any atom is 0.303 e. The molecular weight excluding hydrogens is 312 g/mol. The lowest BCUT2D eigenvalue weighted by Crippen LogP contribution is -2.19. The van der Waals surface area contributed by atoms with Crippen molar-refractivity contribution >= 4 is 17.1 Å². The van der Waals surface area contributed by atoms with Crippen molar-refractivity contribution in [2.24, 2.45) is 10.8 Å². The Hall–Kier alpha value is -0.260. The number of aliphatic hydroxyl groups is 1. The van der Waals surface area contributed by atoms with Crippen LogP contribution in [0.15, 0.2) is 0 Å². The summed E-state index contributed by atoms with van der Waals surface area (Å²) in [6, 6.07) is 0. The predicted octanol–water partition coefficient (Wildman–Crippen LogP) is 3.99. The van der Waals surface area contributed by atoms with E-state index in [1.165, 1.54) is 0 Å². The van der Waals surface area contributed by atoms with E-state index in [2.05, 4.69) is 27.7 Å². The lowest BCUT2D eigenvalue weighted by Gasteiger charge is -2.25. The number of aliphatic carboxylic acids is 1. The summed E-state index contributed by atoms with van der Waals surface area (Å²) in [6.45, 7) is 8.82. The molecule has 1 atom stereocenters. The topological polar surface area (TPSA) is 80.6 Å². The maximum absolute atomic E-state index is 12.1. The fourth-order valence-corrected chi connectivity index (χ4v) is 3.92. The molecule has 0 saturated heterocycles. The molecule has 0 aromatic carbocycles. The molecule has 0 aliphatic heterocycles. The Balaban J connectivity index is 3.82. The molecule has 0 saturated carbocycles. The van der Waals surface area contributed by atoms with Gasteiger partial charge in [-0.2, -0.15) is 0 Å². The average Bonchev–Trinajstić information content (AvgIpc) is 2.43. The summed E-state index contributed by atoms with van der Waals surface area (Å²) in [5, 5.41) is 17.6. The first kappa shape index (κ1) is 22.7. The molecule has 0 amide bonds. The molecule has 0 bridgehead atoms. The summed E-state index contributed by atoms with van der Waals surface area (Å²) in [5.74, 6) is 0.719. The molecule has 0 rings (SSSR count). The number of hydrogen-bond acceptors (Lipinski definition) is 3. The van der Waals surface area contributed by atoms with Crippen LogP contribution in [0.5, 0.6) is 0 Å². The molecule has 0 aromatic heterocycles. The van der Waals surface area contributed by atoms with E-state index in [1.54, 1.807) is 0 Å². The van der Waals surface area contributed by atoms with Gasteiger partial charge in [-0.25, -0.2) is 0 Å². The highest BCUT2D eigenvalue weighted by molar-refractivity contribution is 7.91. The molecule has 0 radical (unpaired) electrons. The van der Waals surface area contributed by atoms with Crippen LogP contribution in [0.4, 0.5) is 0 Å². The van der Waals surface area contributed by atoms with Crippen LogP contribution in [-0.4, -0.2) is 38.8 Å². The molecule has 0 aliphatic rings. The van der Waals surface area contributed by atoms with Crippen molar-refractivity contribution in [2.45, 2.75) is 79.1 Å². The van der Waals surface area contributed by atoms with Gasteiger partial charge in [-0.15, -0.1) is 0 Å². The molecule has 0 aromatic rings. The lowest BCUT2D eigenvalue weighted by molar-refractivity contribution is -0.137. The fraction of sp³-hybridized carbons (Fsp3) is 0.944. The number of aliphatic hydroxyl groups excluding tert-OH is 1. The Morgan fingerprint density at radius 2 is 1.35 bits per heavy atom. The zero-order chi connectivity index (χ0) is 17.9. The van der Waals surface area contributed by atoms with Crippen LogP contribution in [-0.2, 0) is 16.0 Å². The molecule has 23 heavy (non-hydrogen) atoms. The summed E-state index contributed by atoms with van der Waals surface area (Å²) >= 11 is -0.774. The third kappa shape index (κ3) is 13.8. The Labute approximate surface area is 145 Å². The van der Waals surface area contributed by atoms with Gasteiger partial charge in [0.15, 0.2) is 0 Å². The van der Waals surface area contributed by atoms with E-state index >= 15 is 0 Å². The van der Waals surface area contributed by atoms with Gasteiger partial charge in [-0.3, -0.25) is 4.79 Å². The number of rotatable bonds is 14. The highest BCUT2D eigenvalue weighted by Crippen LogP contribution is 2.30. The second kappa shape index (κ2) is 11.3. The number of carbonyl (C=O) groups is 1. The Morgan fingerprint density at radius 1 is 0.913 bits per heavy atom. The third-order valence-corrected chi connectivity index (χ3v) is 5.97. The first-order valence-corrected chi connectivity index (χ1v) is 10.2. The smallest absolute Gasteiger partial charge is 0.303 e. The molecule has 0 fully saturated rings. The van der Waals surface area contributed by atoms with E-state index in [4.69, 9.17) is 10.2 Å². The molecule has 4 nitrogen and oxygen atoms in total. The van der Waals surface area contributed by atoms with Crippen molar-refractivity contribution in [3.63, 3.8) is 0 Å². The Kier molecular flexibility index (Phi) is 11.2. The van der Waals surface area contributed by atoms with E-state index in [0.717, 1.165) is 44.3 Å². The Morgan fingerprint density at radius 3 is 1.78 bits per heavy atom. The minimum absolute atomic E-state index is 0.00881. The summed E-state index contributed by atoms with van der Waals surface area (Å²) < 4.78 is 12.1. The number of carboxylic acid groups (broad SMARTS) is 1. The van der Waals surface area contributed by atoms with E-state index in [0.29, 0.717) is 12.2 Å². The molecular formula is C18H36O4S. The highest BCUT2D eigenvalue weighted by Gasteiger charge is 2.21. The molecule has 0 spiro atoms. The van der Waals surface area contributed by atoms with Gasteiger partial charge in [0.05, 0.1) is 0 Å². The van der Waals surface area contributed by atoms with Crippen molar-refractivity contribution in [1.29, 1.82) is 0 Å². The third-order valence-electron chi connectivity index (χ3n) is 4.48. The quantitative estimate of drug-likeness (QED) is 0.465. The summed E-state index contributed by atoms with van der Waals surface area (Å²) in [6.07, 6.45) is 6.56. The zero-order valence-corrected chi connectivity index (χ0v) is 16.2. The van der Waals surface area contributed by atoms with Gasteiger partial charge in [-0.1, -0.05) is 38.9 Å². The first-order valence-electron chi connectivity index (χ1n) is 8.76. The lowest BCUT2D eigenvalue weighted by atomic mass is 9.83. The van der Waals surface area contributed by atoms with Crippen LogP contribution in [0, 0.1) is 10.8 Å². The summed E-state index contributed by atoms with van der Waals surface area (Å²) in [5.41, 5.74) is 0.223. The van der Waals surface area contributed by atoms with Crippen LogP contribution in [0.2, 0.25) is 0 Å². The van der Waals surface area contributed by atoms with Crippen LogP contribution < -0.4 is 0 Å². The normalized spacial score (nSPS) is 14.0. The van der Waals surface area contributed by atoms with Crippen molar-refractivity contribution in [2.75, 3.05) is 18.1 Å². The highest BCUT2D eigenvalue weighted by atomic mass is 32.2. The van der Waals surface area contributed by atoms with E-state index in [1.807, 2.05) is 0 Å². The van der Waals surface area contributed by atoms with Gasteiger partial charge < -0.3 is 14.8 Å². The number of hydrogen-bond donors (Lipinski definition) is 2. The van der Waals surface area contributed by atoms with Gasteiger partial charge in [-0.05, 0) is 55.8 Å².